The predicted molar refractivity (Wildman–Crippen MR) is 394 cm³/mol. The molecule has 0 radical (unpaired) electrons. The van der Waals surface area contributed by atoms with Crippen molar-refractivity contribution in [1.29, 1.82) is 0 Å². The van der Waals surface area contributed by atoms with Gasteiger partial charge in [-0.15, -0.1) is 0 Å². The molecular weight excluding hydrogens is 1090 g/mol. The van der Waals surface area contributed by atoms with Gasteiger partial charge in [0.05, 0.1) is 0 Å². The van der Waals surface area contributed by atoms with Crippen LogP contribution in [0, 0.1) is 0 Å². The van der Waals surface area contributed by atoms with E-state index in [1.54, 1.807) is 11.1 Å². The number of hydrogen-bond acceptors (Lipinski definition) is 0. The number of benzene rings is 12. The molecule has 0 atom stereocenters. The quantitative estimate of drug-likeness (QED) is 0.0593. The van der Waals surface area contributed by atoms with E-state index in [-0.39, 0.29) is 16.2 Å². The minimum absolute atomic E-state index is 0.00498. The van der Waals surface area contributed by atoms with Crippen molar-refractivity contribution >= 4 is 43.1 Å². The lowest BCUT2D eigenvalue weighted by Gasteiger charge is -2.34. The Morgan fingerprint density at radius 3 is 0.681 bits per heavy atom. The molecule has 0 aliphatic heterocycles. The maximum atomic E-state index is 2.69. The third-order valence-corrected chi connectivity index (χ3v) is 22.7. The summed E-state index contributed by atoms with van der Waals surface area (Å²) < 4.78 is 0. The van der Waals surface area contributed by atoms with E-state index in [0.29, 0.717) is 0 Å². The van der Waals surface area contributed by atoms with Crippen molar-refractivity contribution in [3.63, 3.8) is 0 Å². The van der Waals surface area contributed by atoms with Gasteiger partial charge in [0, 0.05) is 16.2 Å². The van der Waals surface area contributed by atoms with Crippen LogP contribution in [0.3, 0.4) is 0 Å². The molecule has 15 rings (SSSR count). The maximum absolute atomic E-state index is 2.69. The molecule has 0 aromatic heterocycles. The average Bonchev–Trinajstić information content (AvgIpc) is 1.72. The second-order valence-corrected chi connectivity index (χ2v) is 27.7. The van der Waals surface area contributed by atoms with Crippen LogP contribution in [0.2, 0.25) is 0 Å². The van der Waals surface area contributed by atoms with Crippen LogP contribution < -0.4 is 0 Å². The van der Waals surface area contributed by atoms with Crippen LogP contribution in [0.5, 0.6) is 0 Å². The van der Waals surface area contributed by atoms with Crippen molar-refractivity contribution in [2.45, 2.75) is 173 Å². The van der Waals surface area contributed by atoms with E-state index in [9.17, 15) is 0 Å². The van der Waals surface area contributed by atoms with Gasteiger partial charge in [-0.1, -0.05) is 313 Å². The first kappa shape index (κ1) is 59.0. The lowest BCUT2D eigenvalue weighted by atomic mass is 9.69. The Balaban J connectivity index is 0.896. The van der Waals surface area contributed by atoms with E-state index in [1.165, 1.54) is 246 Å². The molecule has 0 spiro atoms. The van der Waals surface area contributed by atoms with Crippen molar-refractivity contribution < 1.29 is 0 Å². The summed E-state index contributed by atoms with van der Waals surface area (Å²) in [5.74, 6) is 0. The molecule has 0 nitrogen and oxygen atoms in total. The predicted octanol–water partition coefficient (Wildman–Crippen LogP) is 26.9. The van der Waals surface area contributed by atoms with Gasteiger partial charge < -0.3 is 0 Å². The van der Waals surface area contributed by atoms with Crippen molar-refractivity contribution in [1.82, 2.24) is 0 Å². The first-order chi connectivity index (χ1) is 44.9. The molecule has 0 amide bonds. The van der Waals surface area contributed by atoms with Crippen LogP contribution >= 0.6 is 0 Å². The van der Waals surface area contributed by atoms with Gasteiger partial charge >= 0.3 is 0 Å². The molecule has 0 heteroatoms. The highest BCUT2D eigenvalue weighted by atomic mass is 14.5. The van der Waals surface area contributed by atoms with Crippen LogP contribution in [0.15, 0.2) is 218 Å². The van der Waals surface area contributed by atoms with Gasteiger partial charge in [-0.2, -0.15) is 0 Å². The number of rotatable bonds is 22. The highest BCUT2D eigenvalue weighted by Gasteiger charge is 2.46. The first-order valence-corrected chi connectivity index (χ1v) is 35.5. The summed E-state index contributed by atoms with van der Waals surface area (Å²) in [6.07, 6.45) is 21.5. The number of fused-ring (bicyclic) bond motifs is 13. The standard InChI is InChI=1S/C91H90/c1-7-13-51-89(52-14-8-2)79-41-29-27-31-65(79)67-47-43-61(57-81(67)89)62-44-48-69-70-50-46-64(60-84(70)91(55-17-11-5,56-18-12-6)82(69)58-62)86-73-35-21-25-39-77(73)88(78-40-26-22-36-74(78)86)87-75-37-23-19-33-71(75)85(72-34-20-24-38-76(72)87)63-45-49-68-66-32-28-30-42-80(66)90(53-15-9-3,54-16-10-4)83(68)59-63/h19-50,57-60H,7-18,51-56H2,1-6H3. The molecule has 0 bridgehead atoms. The zero-order chi connectivity index (χ0) is 61.8. The molecule has 3 aliphatic carbocycles. The topological polar surface area (TPSA) is 0 Å². The molecule has 12 aromatic carbocycles. The van der Waals surface area contributed by atoms with Crippen molar-refractivity contribution in [2.75, 3.05) is 0 Å². The average molecular weight is 1180 g/mol. The molecule has 0 fully saturated rings. The van der Waals surface area contributed by atoms with Crippen LogP contribution in [0.4, 0.5) is 0 Å². The van der Waals surface area contributed by atoms with E-state index in [4.69, 9.17) is 0 Å². The smallest absolute Gasteiger partial charge is 0.0215 e. The number of hydrogen-bond donors (Lipinski definition) is 0. The first-order valence-electron chi connectivity index (χ1n) is 35.5. The summed E-state index contributed by atoms with van der Waals surface area (Å²) in [6.45, 7) is 14.2. The Kier molecular flexibility index (Phi) is 15.8. The van der Waals surface area contributed by atoms with E-state index in [1.807, 2.05) is 0 Å². The van der Waals surface area contributed by atoms with Gasteiger partial charge in [0.2, 0.25) is 0 Å². The third-order valence-electron chi connectivity index (χ3n) is 22.7. The van der Waals surface area contributed by atoms with Gasteiger partial charge in [0.25, 0.3) is 0 Å². The Hall–Kier alpha value is -8.32. The highest BCUT2D eigenvalue weighted by Crippen LogP contribution is 2.60. The molecule has 454 valence electrons. The van der Waals surface area contributed by atoms with Crippen molar-refractivity contribution in [3.8, 4) is 77.9 Å². The third kappa shape index (κ3) is 9.34. The molecule has 0 heterocycles. The molecule has 91 heavy (non-hydrogen) atoms. The van der Waals surface area contributed by atoms with Gasteiger partial charge in [0.15, 0.2) is 0 Å². The monoisotopic (exact) mass is 1180 g/mol. The van der Waals surface area contributed by atoms with E-state index in [0.717, 1.165) is 12.8 Å². The van der Waals surface area contributed by atoms with Crippen LogP contribution in [-0.4, -0.2) is 0 Å². The highest BCUT2D eigenvalue weighted by molar-refractivity contribution is 6.30. The van der Waals surface area contributed by atoms with Crippen LogP contribution in [0.25, 0.3) is 121 Å². The summed E-state index contributed by atoms with van der Waals surface area (Å²) in [7, 11) is 0. The fourth-order valence-corrected chi connectivity index (χ4v) is 18.4. The second-order valence-electron chi connectivity index (χ2n) is 27.7. The molecule has 3 aliphatic rings. The van der Waals surface area contributed by atoms with Crippen molar-refractivity contribution in [3.05, 3.63) is 252 Å². The van der Waals surface area contributed by atoms with E-state index in [2.05, 4.69) is 260 Å². The van der Waals surface area contributed by atoms with Crippen LogP contribution in [0.1, 0.15) is 190 Å². The van der Waals surface area contributed by atoms with E-state index >= 15 is 0 Å². The number of unbranched alkanes of at least 4 members (excludes halogenated alkanes) is 6. The van der Waals surface area contributed by atoms with Gasteiger partial charge in [0.1, 0.15) is 0 Å². The fourth-order valence-electron chi connectivity index (χ4n) is 18.4. The molecule has 0 N–H and O–H groups in total. The lowest BCUT2D eigenvalue weighted by Crippen LogP contribution is -2.26. The summed E-state index contributed by atoms with van der Waals surface area (Å²) >= 11 is 0. The van der Waals surface area contributed by atoms with Gasteiger partial charge in [-0.25, -0.2) is 0 Å². The minimum Gasteiger partial charge on any atom is -0.0654 e. The molecule has 0 unspecified atom stereocenters. The Morgan fingerprint density at radius 1 is 0.198 bits per heavy atom. The largest absolute Gasteiger partial charge is 0.0654 e. The van der Waals surface area contributed by atoms with Gasteiger partial charge in [-0.3, -0.25) is 0 Å². The Morgan fingerprint density at radius 2 is 0.407 bits per heavy atom. The maximum Gasteiger partial charge on any atom is 0.0215 e. The molecular formula is C91H90. The zero-order valence-electron chi connectivity index (χ0n) is 55.0. The summed E-state index contributed by atoms with van der Waals surface area (Å²) in [5.41, 5.74) is 28.4. The SMILES string of the molecule is CCCCC1(CCCC)c2ccccc2-c2ccc(-c3ccc4c(c3)C(CCCC)(CCCC)c3cc(-c5c6ccccc6c(-c6c7ccccc7c(-c7ccc8c(c7)C(CCCC)(CCCC)c7ccccc7-8)c7ccccc67)c6ccccc56)ccc3-4)cc21. The van der Waals surface area contributed by atoms with Crippen molar-refractivity contribution in [2.24, 2.45) is 0 Å². The van der Waals surface area contributed by atoms with E-state index < -0.39 is 0 Å². The molecule has 0 saturated heterocycles. The summed E-state index contributed by atoms with van der Waals surface area (Å²) in [5, 5.41) is 10.4. The fraction of sp³-hybridized carbons (Fsp3) is 0.297. The molecule has 12 aromatic rings. The summed E-state index contributed by atoms with van der Waals surface area (Å²) in [6, 6.07) is 86.8. The minimum atomic E-state index is -0.109. The Bertz CT molecular complexity index is 4610. The normalized spacial score (nSPS) is 14.4. The second kappa shape index (κ2) is 24.4. The molecule has 0 saturated carbocycles. The zero-order valence-corrected chi connectivity index (χ0v) is 55.0. The lowest BCUT2D eigenvalue weighted by molar-refractivity contribution is 0.414. The summed E-state index contributed by atoms with van der Waals surface area (Å²) in [4.78, 5) is 0. The van der Waals surface area contributed by atoms with Crippen LogP contribution in [-0.2, 0) is 16.2 Å². The Labute approximate surface area is 542 Å². The van der Waals surface area contributed by atoms with Gasteiger partial charge in [-0.05, 0) is 217 Å².